The van der Waals surface area contributed by atoms with Crippen molar-refractivity contribution in [1.29, 1.82) is 5.26 Å². The molecule has 0 saturated heterocycles. The second kappa shape index (κ2) is 6.51. The van der Waals surface area contributed by atoms with Crippen molar-refractivity contribution in [3.05, 3.63) is 78.3 Å². The van der Waals surface area contributed by atoms with Crippen LogP contribution in [0, 0.1) is 11.3 Å². The van der Waals surface area contributed by atoms with Gasteiger partial charge in [-0.1, -0.05) is 42.5 Å². The third-order valence-corrected chi connectivity index (χ3v) is 3.34. The lowest BCUT2D eigenvalue weighted by Crippen LogP contribution is -1.87. The van der Waals surface area contributed by atoms with E-state index in [4.69, 9.17) is 0 Å². The molecular weight excluding hydrogens is 272 g/mol. The highest BCUT2D eigenvalue weighted by Crippen LogP contribution is 2.27. The first-order valence-corrected chi connectivity index (χ1v) is 6.99. The molecule has 0 radical (unpaired) electrons. The van der Waals surface area contributed by atoms with E-state index in [0.29, 0.717) is 11.3 Å². The third kappa shape index (κ3) is 2.79. The summed E-state index contributed by atoms with van der Waals surface area (Å²) in [6, 6.07) is 5.96. The van der Waals surface area contributed by atoms with E-state index < -0.39 is 0 Å². The highest BCUT2D eigenvalue weighted by Gasteiger charge is 2.16. The van der Waals surface area contributed by atoms with Crippen LogP contribution in [-0.2, 0) is 0 Å². The van der Waals surface area contributed by atoms with Gasteiger partial charge in [0.2, 0.25) is 0 Å². The van der Waals surface area contributed by atoms with E-state index in [9.17, 15) is 5.26 Å². The number of nitriles is 1. The zero-order valence-corrected chi connectivity index (χ0v) is 11.9. The highest BCUT2D eigenvalue weighted by molar-refractivity contribution is 5.81. The molecule has 0 fully saturated rings. The molecule has 2 heterocycles. The van der Waals surface area contributed by atoms with Gasteiger partial charge in [-0.15, -0.1) is 0 Å². The Labute approximate surface area is 128 Å². The lowest BCUT2D eigenvalue weighted by Gasteiger charge is -2.00. The molecule has 4 heteroatoms. The molecule has 0 amide bonds. The number of pyridine rings is 1. The number of hydrogen-bond acceptors (Lipinski definition) is 3. The zero-order chi connectivity index (χ0) is 15.2. The van der Waals surface area contributed by atoms with Gasteiger partial charge in [0, 0.05) is 18.0 Å². The smallest absolute Gasteiger partial charge is 0.111 e. The van der Waals surface area contributed by atoms with Crippen molar-refractivity contribution in [2.24, 2.45) is 0 Å². The molecule has 0 saturated carbocycles. The zero-order valence-electron chi connectivity index (χ0n) is 11.9. The van der Waals surface area contributed by atoms with Gasteiger partial charge in [-0.25, -0.2) is 0 Å². The van der Waals surface area contributed by atoms with Crippen molar-refractivity contribution in [2.45, 2.75) is 6.42 Å². The van der Waals surface area contributed by atoms with Gasteiger partial charge < -0.3 is 0 Å². The topological polar surface area (TPSA) is 65.4 Å². The van der Waals surface area contributed by atoms with Crippen LogP contribution < -0.4 is 0 Å². The van der Waals surface area contributed by atoms with Gasteiger partial charge in [-0.05, 0) is 24.1 Å². The summed E-state index contributed by atoms with van der Waals surface area (Å²) < 4.78 is 0. The van der Waals surface area contributed by atoms with Crippen molar-refractivity contribution < 1.29 is 0 Å². The first-order chi connectivity index (χ1) is 10.9. The van der Waals surface area contributed by atoms with Gasteiger partial charge >= 0.3 is 0 Å². The Morgan fingerprint density at radius 3 is 2.73 bits per heavy atom. The van der Waals surface area contributed by atoms with Crippen LogP contribution in [0.25, 0.3) is 16.8 Å². The Morgan fingerprint density at radius 1 is 1.09 bits per heavy atom. The Morgan fingerprint density at radius 2 is 1.91 bits per heavy atom. The summed E-state index contributed by atoms with van der Waals surface area (Å²) in [4.78, 5) is 4.00. The molecule has 0 spiro atoms. The maximum atomic E-state index is 9.56. The molecule has 0 unspecified atom stereocenters. The van der Waals surface area contributed by atoms with Crippen LogP contribution in [-0.4, -0.2) is 15.2 Å². The fourth-order valence-electron chi connectivity index (χ4n) is 2.27. The van der Waals surface area contributed by atoms with Gasteiger partial charge in [0.05, 0.1) is 5.69 Å². The van der Waals surface area contributed by atoms with Crippen molar-refractivity contribution >= 4 is 5.57 Å². The quantitative estimate of drug-likeness (QED) is 0.913. The number of hydrogen-bond donors (Lipinski definition) is 1. The monoisotopic (exact) mass is 286 g/mol. The summed E-state index contributed by atoms with van der Waals surface area (Å²) in [5.74, 6) is 0. The lowest BCUT2D eigenvalue weighted by atomic mass is 10.0. The predicted octanol–water partition coefficient (Wildman–Crippen LogP) is 3.80. The molecule has 4 nitrogen and oxygen atoms in total. The average Bonchev–Trinajstić information content (AvgIpc) is 3.04. The molecule has 22 heavy (non-hydrogen) atoms. The number of aromatic nitrogens is 3. The minimum absolute atomic E-state index is 0.550. The summed E-state index contributed by atoms with van der Waals surface area (Å²) in [6.45, 7) is 0. The molecule has 0 bridgehead atoms. The van der Waals surface area contributed by atoms with Crippen molar-refractivity contribution in [1.82, 2.24) is 15.2 Å². The average molecular weight is 286 g/mol. The Balaban J connectivity index is 2.07. The highest BCUT2D eigenvalue weighted by atomic mass is 15.1. The first kappa shape index (κ1) is 13.8. The van der Waals surface area contributed by atoms with Crippen LogP contribution in [0.3, 0.4) is 0 Å². The number of aromatic amines is 1. The second-order valence-electron chi connectivity index (χ2n) is 4.74. The van der Waals surface area contributed by atoms with E-state index in [-0.39, 0.29) is 0 Å². The van der Waals surface area contributed by atoms with E-state index in [1.54, 1.807) is 12.4 Å². The third-order valence-electron chi connectivity index (χ3n) is 3.34. The molecule has 2 aromatic rings. The molecule has 0 aliphatic heterocycles. The van der Waals surface area contributed by atoms with Gasteiger partial charge in [0.1, 0.15) is 17.3 Å². The van der Waals surface area contributed by atoms with Gasteiger partial charge in [-0.2, -0.15) is 10.4 Å². The van der Waals surface area contributed by atoms with Gasteiger partial charge in [0.25, 0.3) is 0 Å². The molecule has 2 aromatic heterocycles. The fourth-order valence-corrected chi connectivity index (χ4v) is 2.27. The summed E-state index contributed by atoms with van der Waals surface area (Å²) in [7, 11) is 0. The summed E-state index contributed by atoms with van der Waals surface area (Å²) in [5, 5.41) is 16.9. The normalized spacial score (nSPS) is 20.6. The maximum Gasteiger partial charge on any atom is 0.111 e. The maximum absolute atomic E-state index is 9.56. The molecule has 0 aromatic carbocycles. The number of rotatable bonds is 2. The number of nitrogens with one attached hydrogen (secondary N) is 1. The predicted molar refractivity (Wildman–Crippen MR) is 86.5 cm³/mol. The van der Waals surface area contributed by atoms with E-state index in [1.165, 1.54) is 0 Å². The minimum atomic E-state index is 0.550. The van der Waals surface area contributed by atoms with E-state index in [0.717, 1.165) is 23.3 Å². The van der Waals surface area contributed by atoms with Crippen molar-refractivity contribution in [3.63, 3.8) is 0 Å². The lowest BCUT2D eigenvalue weighted by molar-refractivity contribution is 1.08. The number of nitrogens with zero attached hydrogens (tertiary/aromatic N) is 3. The fraction of sp³-hybridized carbons (Fsp3) is 0.0556. The van der Waals surface area contributed by atoms with Crippen molar-refractivity contribution in [3.8, 4) is 17.3 Å². The Bertz CT molecular complexity index is 815. The van der Waals surface area contributed by atoms with Crippen LogP contribution in [0.1, 0.15) is 17.7 Å². The van der Waals surface area contributed by atoms with Crippen LogP contribution in [0.4, 0.5) is 0 Å². The molecule has 0 atom stereocenters. The summed E-state index contributed by atoms with van der Waals surface area (Å²) in [6.07, 6.45) is 18.2. The second-order valence-corrected chi connectivity index (χ2v) is 4.74. The van der Waals surface area contributed by atoms with Crippen LogP contribution in [0.5, 0.6) is 0 Å². The summed E-state index contributed by atoms with van der Waals surface area (Å²) >= 11 is 0. The standard InChI is InChI=1S/C18H14N4/c19-13-16-17(14-7-5-3-1-2-4-6-8-14)21-22-18(16)15-9-11-20-12-10-15/h1-5,7-12H,6H2,(H,21,22)/b3-1-,4-2-,7-5+,14-8+. The number of allylic oxidation sites excluding steroid dienone is 8. The molecular formula is C18H14N4. The Hall–Kier alpha value is -3.19. The summed E-state index contributed by atoms with van der Waals surface area (Å²) in [5.41, 5.74) is 3.78. The van der Waals surface area contributed by atoms with Gasteiger partial charge in [-0.3, -0.25) is 10.1 Å². The van der Waals surface area contributed by atoms with E-state index >= 15 is 0 Å². The van der Waals surface area contributed by atoms with Crippen LogP contribution >= 0.6 is 0 Å². The molecule has 1 aliphatic rings. The van der Waals surface area contributed by atoms with Crippen molar-refractivity contribution in [2.75, 3.05) is 0 Å². The largest absolute Gasteiger partial charge is 0.276 e. The minimum Gasteiger partial charge on any atom is -0.276 e. The van der Waals surface area contributed by atoms with Crippen LogP contribution in [0.15, 0.2) is 67.1 Å². The molecule has 1 N–H and O–H groups in total. The SMILES string of the molecule is N#Cc1c(-c2ccncc2)n[nH]c1C1=C/C\C=C/C=C\C=C\1. The number of H-pyrrole nitrogens is 1. The molecule has 3 rings (SSSR count). The van der Waals surface area contributed by atoms with Crippen LogP contribution in [0.2, 0.25) is 0 Å². The van der Waals surface area contributed by atoms with E-state index in [1.807, 2.05) is 42.5 Å². The van der Waals surface area contributed by atoms with E-state index in [2.05, 4.69) is 33.4 Å². The molecule has 106 valence electrons. The van der Waals surface area contributed by atoms with Gasteiger partial charge in [0.15, 0.2) is 0 Å². The Kier molecular flexibility index (Phi) is 4.08. The molecule has 1 aliphatic carbocycles. The first-order valence-electron chi connectivity index (χ1n) is 6.99.